The van der Waals surface area contributed by atoms with Crippen molar-refractivity contribution in [1.82, 2.24) is 5.32 Å². The number of nitrogens with one attached hydrogen (secondary N) is 1. The Morgan fingerprint density at radius 3 is 2.53 bits per heavy atom. The van der Waals surface area contributed by atoms with Crippen molar-refractivity contribution in [3.8, 4) is 5.75 Å². The molecule has 17 heavy (non-hydrogen) atoms. The molecule has 1 N–H and O–H groups in total. The first-order chi connectivity index (χ1) is 8.17. The van der Waals surface area contributed by atoms with E-state index in [-0.39, 0.29) is 10.7 Å². The van der Waals surface area contributed by atoms with E-state index < -0.39 is 0 Å². The van der Waals surface area contributed by atoms with Gasteiger partial charge in [-0.3, -0.25) is 4.79 Å². The zero-order valence-corrected chi connectivity index (χ0v) is 11.5. The molecule has 1 amide bonds. The Bertz CT molecular complexity index is 353. The number of amides is 1. The van der Waals surface area contributed by atoms with Gasteiger partial charge in [-0.05, 0) is 24.3 Å². The highest BCUT2D eigenvalue weighted by Gasteiger charge is 2.08. The fraction of sp³-hybridized carbons (Fsp3) is 0.417. The number of methoxy groups -OCH3 is 2. The van der Waals surface area contributed by atoms with Crippen molar-refractivity contribution in [1.29, 1.82) is 0 Å². The van der Waals surface area contributed by atoms with Crippen LogP contribution in [0.25, 0.3) is 0 Å². The molecule has 0 aliphatic carbocycles. The van der Waals surface area contributed by atoms with Crippen LogP contribution in [-0.4, -0.2) is 38.1 Å². The van der Waals surface area contributed by atoms with Crippen molar-refractivity contribution >= 4 is 21.8 Å². The maximum Gasteiger partial charge on any atom is 0.251 e. The molecule has 5 heteroatoms. The minimum absolute atomic E-state index is 0.104. The molecule has 0 heterocycles. The van der Waals surface area contributed by atoms with Gasteiger partial charge in [0.1, 0.15) is 5.75 Å². The summed E-state index contributed by atoms with van der Waals surface area (Å²) in [6.45, 7) is 1.08. The molecule has 4 nitrogen and oxygen atoms in total. The third-order valence-electron chi connectivity index (χ3n) is 2.18. The predicted molar refractivity (Wildman–Crippen MR) is 69.9 cm³/mol. The largest absolute Gasteiger partial charge is 0.497 e. The van der Waals surface area contributed by atoms with Crippen molar-refractivity contribution < 1.29 is 14.3 Å². The molecule has 1 unspecified atom stereocenters. The lowest BCUT2D eigenvalue weighted by molar-refractivity contribution is 0.0950. The van der Waals surface area contributed by atoms with Crippen LogP contribution in [0.3, 0.4) is 0 Å². The van der Waals surface area contributed by atoms with E-state index in [1.165, 1.54) is 0 Å². The molecule has 0 aliphatic rings. The minimum Gasteiger partial charge on any atom is -0.497 e. The monoisotopic (exact) mass is 301 g/mol. The standard InChI is InChI=1S/C12H16BrNO3/c1-16-8-10(13)7-14-12(15)9-3-5-11(17-2)6-4-9/h3-6,10H,7-8H2,1-2H3,(H,14,15). The highest BCUT2D eigenvalue weighted by molar-refractivity contribution is 9.09. The van der Waals surface area contributed by atoms with Crippen molar-refractivity contribution in [2.45, 2.75) is 4.83 Å². The topological polar surface area (TPSA) is 47.6 Å². The maximum absolute atomic E-state index is 11.7. The summed E-state index contributed by atoms with van der Waals surface area (Å²) in [4.78, 5) is 11.9. The van der Waals surface area contributed by atoms with E-state index in [4.69, 9.17) is 9.47 Å². The maximum atomic E-state index is 11.7. The van der Waals surface area contributed by atoms with Crippen molar-refractivity contribution in [3.05, 3.63) is 29.8 Å². The summed E-state index contributed by atoms with van der Waals surface area (Å²) in [5.41, 5.74) is 0.614. The molecule has 0 saturated carbocycles. The Hall–Kier alpha value is -1.07. The normalized spacial score (nSPS) is 11.9. The van der Waals surface area contributed by atoms with Crippen LogP contribution in [0.4, 0.5) is 0 Å². The summed E-state index contributed by atoms with van der Waals surface area (Å²) in [6.07, 6.45) is 0. The molecule has 94 valence electrons. The highest BCUT2D eigenvalue weighted by atomic mass is 79.9. The van der Waals surface area contributed by atoms with Crippen LogP contribution in [0.1, 0.15) is 10.4 Å². The average molecular weight is 302 g/mol. The number of carbonyl (C=O) groups is 1. The van der Waals surface area contributed by atoms with E-state index in [1.54, 1.807) is 38.5 Å². The fourth-order valence-corrected chi connectivity index (χ4v) is 1.71. The second kappa shape index (κ2) is 7.29. The average Bonchev–Trinajstić information content (AvgIpc) is 2.36. The minimum atomic E-state index is -0.104. The third kappa shape index (κ3) is 4.75. The first-order valence-corrected chi connectivity index (χ1v) is 6.14. The molecule has 0 radical (unpaired) electrons. The highest BCUT2D eigenvalue weighted by Crippen LogP contribution is 2.11. The number of benzene rings is 1. The summed E-state index contributed by atoms with van der Waals surface area (Å²) < 4.78 is 9.98. The van der Waals surface area contributed by atoms with Crippen LogP contribution in [0.5, 0.6) is 5.75 Å². The van der Waals surface area contributed by atoms with Gasteiger partial charge in [-0.2, -0.15) is 0 Å². The molecule has 1 aromatic carbocycles. The molecule has 1 aromatic rings. The second-order valence-electron chi connectivity index (χ2n) is 3.49. The summed E-state index contributed by atoms with van der Waals surface area (Å²) >= 11 is 3.40. The lowest BCUT2D eigenvalue weighted by Crippen LogP contribution is -2.31. The number of ether oxygens (including phenoxy) is 2. The summed E-state index contributed by atoms with van der Waals surface area (Å²) in [5.74, 6) is 0.632. The molecule has 1 atom stereocenters. The van der Waals surface area contributed by atoms with Crippen LogP contribution < -0.4 is 10.1 Å². The molecular weight excluding hydrogens is 286 g/mol. The van der Waals surface area contributed by atoms with Crippen molar-refractivity contribution in [2.24, 2.45) is 0 Å². The van der Waals surface area contributed by atoms with E-state index in [1.807, 2.05) is 0 Å². The SMILES string of the molecule is COCC(Br)CNC(=O)c1ccc(OC)cc1. The van der Waals surface area contributed by atoms with E-state index in [0.29, 0.717) is 18.7 Å². The molecule has 0 bridgehead atoms. The molecule has 1 rings (SSSR count). The van der Waals surface area contributed by atoms with Gasteiger partial charge in [0.2, 0.25) is 0 Å². The molecular formula is C12H16BrNO3. The van der Waals surface area contributed by atoms with Gasteiger partial charge >= 0.3 is 0 Å². The van der Waals surface area contributed by atoms with Gasteiger partial charge in [0.05, 0.1) is 18.5 Å². The zero-order valence-electron chi connectivity index (χ0n) is 9.90. The van der Waals surface area contributed by atoms with Gasteiger partial charge < -0.3 is 14.8 Å². The Labute approximate surface area is 109 Å². The Morgan fingerprint density at radius 1 is 1.35 bits per heavy atom. The summed E-state index contributed by atoms with van der Waals surface area (Å²) in [6, 6.07) is 6.98. The van der Waals surface area contributed by atoms with E-state index in [0.717, 1.165) is 5.75 Å². The lowest BCUT2D eigenvalue weighted by atomic mass is 10.2. The van der Waals surface area contributed by atoms with Crippen molar-refractivity contribution in [3.63, 3.8) is 0 Å². The molecule has 0 aliphatic heterocycles. The number of rotatable bonds is 6. The van der Waals surface area contributed by atoms with E-state index in [9.17, 15) is 4.79 Å². The first-order valence-electron chi connectivity index (χ1n) is 5.22. The molecule has 0 fully saturated rings. The summed E-state index contributed by atoms with van der Waals surface area (Å²) in [5, 5.41) is 2.81. The number of alkyl halides is 1. The molecule has 0 aromatic heterocycles. The number of hydrogen-bond donors (Lipinski definition) is 1. The zero-order chi connectivity index (χ0) is 12.7. The van der Waals surface area contributed by atoms with Gasteiger partial charge in [-0.25, -0.2) is 0 Å². The Balaban J connectivity index is 2.46. The second-order valence-corrected chi connectivity index (χ2v) is 4.79. The van der Waals surface area contributed by atoms with E-state index in [2.05, 4.69) is 21.2 Å². The first kappa shape index (κ1) is 14.0. The summed E-state index contributed by atoms with van der Waals surface area (Å²) in [7, 11) is 3.22. The Kier molecular flexibility index (Phi) is 6.00. The van der Waals surface area contributed by atoms with Gasteiger partial charge in [0.25, 0.3) is 5.91 Å². The number of halogens is 1. The fourth-order valence-electron chi connectivity index (χ4n) is 1.29. The molecule has 0 saturated heterocycles. The predicted octanol–water partition coefficient (Wildman–Crippen LogP) is 1.83. The smallest absolute Gasteiger partial charge is 0.251 e. The van der Waals surface area contributed by atoms with Crippen LogP contribution in [-0.2, 0) is 4.74 Å². The van der Waals surface area contributed by atoms with Gasteiger partial charge in [-0.1, -0.05) is 15.9 Å². The van der Waals surface area contributed by atoms with E-state index >= 15 is 0 Å². The van der Waals surface area contributed by atoms with Gasteiger partial charge in [-0.15, -0.1) is 0 Å². The lowest BCUT2D eigenvalue weighted by Gasteiger charge is -2.10. The van der Waals surface area contributed by atoms with Crippen LogP contribution in [0, 0.1) is 0 Å². The van der Waals surface area contributed by atoms with Crippen molar-refractivity contribution in [2.75, 3.05) is 27.4 Å². The van der Waals surface area contributed by atoms with Gasteiger partial charge in [0.15, 0.2) is 0 Å². The number of hydrogen-bond acceptors (Lipinski definition) is 3. The number of carbonyl (C=O) groups excluding carboxylic acids is 1. The third-order valence-corrected chi connectivity index (χ3v) is 2.77. The Morgan fingerprint density at radius 2 is 2.00 bits per heavy atom. The molecule has 0 spiro atoms. The van der Waals surface area contributed by atoms with Crippen LogP contribution >= 0.6 is 15.9 Å². The quantitative estimate of drug-likeness (QED) is 0.816. The van der Waals surface area contributed by atoms with Crippen LogP contribution in [0.15, 0.2) is 24.3 Å². The van der Waals surface area contributed by atoms with Crippen LogP contribution in [0.2, 0.25) is 0 Å². The van der Waals surface area contributed by atoms with Gasteiger partial charge in [0, 0.05) is 19.2 Å².